The monoisotopic (exact) mass is 281 g/mol. The van der Waals surface area contributed by atoms with Crippen molar-refractivity contribution in [1.82, 2.24) is 5.32 Å². The molecule has 1 aliphatic rings. The fraction of sp³-hybridized carbons (Fsp3) is 0.368. The van der Waals surface area contributed by atoms with Gasteiger partial charge < -0.3 is 10.1 Å². The van der Waals surface area contributed by atoms with Crippen LogP contribution in [-0.2, 0) is 4.74 Å². The predicted octanol–water partition coefficient (Wildman–Crippen LogP) is 3.59. The van der Waals surface area contributed by atoms with Crippen LogP contribution in [0, 0.1) is 0 Å². The molecule has 2 nitrogen and oxygen atoms in total. The third-order valence-electron chi connectivity index (χ3n) is 4.23. The van der Waals surface area contributed by atoms with Gasteiger partial charge >= 0.3 is 0 Å². The molecule has 1 heterocycles. The van der Waals surface area contributed by atoms with Gasteiger partial charge in [0, 0.05) is 19.0 Å². The third kappa shape index (κ3) is 3.34. The van der Waals surface area contributed by atoms with E-state index >= 15 is 0 Å². The highest BCUT2D eigenvalue weighted by molar-refractivity contribution is 5.34. The molecule has 1 saturated heterocycles. The zero-order valence-electron chi connectivity index (χ0n) is 12.5. The van der Waals surface area contributed by atoms with Gasteiger partial charge in [-0.2, -0.15) is 0 Å². The van der Waals surface area contributed by atoms with Crippen molar-refractivity contribution in [3.8, 4) is 0 Å². The van der Waals surface area contributed by atoms with Gasteiger partial charge in [0.2, 0.25) is 0 Å². The molecule has 0 saturated carbocycles. The molecular weight excluding hydrogens is 258 g/mol. The molecule has 21 heavy (non-hydrogen) atoms. The Morgan fingerprint density at radius 2 is 1.52 bits per heavy atom. The minimum Gasteiger partial charge on any atom is -0.371 e. The summed E-state index contributed by atoms with van der Waals surface area (Å²) in [6.45, 7) is 4.06. The Kier molecular flexibility index (Phi) is 4.69. The van der Waals surface area contributed by atoms with Gasteiger partial charge in [0.05, 0.1) is 12.2 Å². The van der Waals surface area contributed by atoms with Crippen LogP contribution in [0.25, 0.3) is 0 Å². The zero-order chi connectivity index (χ0) is 14.5. The molecule has 0 amide bonds. The van der Waals surface area contributed by atoms with Gasteiger partial charge in [-0.25, -0.2) is 0 Å². The first kappa shape index (κ1) is 14.3. The molecule has 0 aromatic heterocycles. The molecule has 1 fully saturated rings. The number of benzene rings is 2. The number of hydrogen-bond acceptors (Lipinski definition) is 2. The summed E-state index contributed by atoms with van der Waals surface area (Å²) in [5.74, 6) is 0.286. The van der Waals surface area contributed by atoms with E-state index in [0.29, 0.717) is 6.10 Å². The van der Waals surface area contributed by atoms with Crippen LogP contribution >= 0.6 is 0 Å². The molecular formula is C19H23NO. The zero-order valence-corrected chi connectivity index (χ0v) is 12.5. The van der Waals surface area contributed by atoms with Crippen molar-refractivity contribution < 1.29 is 4.74 Å². The molecule has 1 N–H and O–H groups in total. The van der Waals surface area contributed by atoms with Gasteiger partial charge in [0.1, 0.15) is 0 Å². The topological polar surface area (TPSA) is 21.3 Å². The minimum atomic E-state index is 0.188. The number of morpholine rings is 1. The van der Waals surface area contributed by atoms with E-state index in [1.165, 1.54) is 11.1 Å². The van der Waals surface area contributed by atoms with E-state index < -0.39 is 0 Å². The first-order valence-electron chi connectivity index (χ1n) is 7.84. The molecule has 2 aromatic carbocycles. The molecule has 0 bridgehead atoms. The fourth-order valence-electron chi connectivity index (χ4n) is 3.11. The summed E-state index contributed by atoms with van der Waals surface area (Å²) >= 11 is 0. The summed E-state index contributed by atoms with van der Waals surface area (Å²) in [6, 6.07) is 21.4. The molecule has 2 heteroatoms. The van der Waals surface area contributed by atoms with Crippen molar-refractivity contribution in [3.05, 3.63) is 71.8 Å². The van der Waals surface area contributed by atoms with Crippen LogP contribution in [0.5, 0.6) is 0 Å². The lowest BCUT2D eigenvalue weighted by Gasteiger charge is -2.36. The second kappa shape index (κ2) is 6.88. The van der Waals surface area contributed by atoms with Crippen molar-refractivity contribution in [2.45, 2.75) is 31.5 Å². The molecule has 3 rings (SSSR count). The molecule has 0 spiro atoms. The van der Waals surface area contributed by atoms with Crippen molar-refractivity contribution >= 4 is 0 Å². The van der Waals surface area contributed by atoms with E-state index in [2.05, 4.69) is 72.9 Å². The lowest BCUT2D eigenvalue weighted by Crippen LogP contribution is -2.47. The quantitative estimate of drug-likeness (QED) is 0.925. The van der Waals surface area contributed by atoms with Crippen LogP contribution in [0.4, 0.5) is 0 Å². The second-order valence-electron chi connectivity index (χ2n) is 5.66. The maximum absolute atomic E-state index is 6.34. The Morgan fingerprint density at radius 1 is 0.952 bits per heavy atom. The van der Waals surface area contributed by atoms with Crippen LogP contribution in [0.1, 0.15) is 30.4 Å². The summed E-state index contributed by atoms with van der Waals surface area (Å²) in [5, 5.41) is 3.53. The number of nitrogens with one attached hydrogen (secondary N) is 1. The largest absolute Gasteiger partial charge is 0.371 e. The van der Waals surface area contributed by atoms with Gasteiger partial charge in [-0.15, -0.1) is 0 Å². The lowest BCUT2D eigenvalue weighted by atomic mass is 9.86. The van der Waals surface area contributed by atoms with Gasteiger partial charge in [0.25, 0.3) is 0 Å². The Labute approximate surface area is 127 Å². The van der Waals surface area contributed by atoms with Crippen LogP contribution in [0.15, 0.2) is 60.7 Å². The molecule has 2 unspecified atom stereocenters. The smallest absolute Gasteiger partial charge is 0.0812 e. The van der Waals surface area contributed by atoms with E-state index in [1.807, 2.05) is 0 Å². The summed E-state index contributed by atoms with van der Waals surface area (Å²) in [5.41, 5.74) is 2.65. The van der Waals surface area contributed by atoms with Crippen molar-refractivity contribution in [3.63, 3.8) is 0 Å². The summed E-state index contributed by atoms with van der Waals surface area (Å²) in [4.78, 5) is 0. The number of ether oxygens (including phenoxy) is 1. The fourth-order valence-corrected chi connectivity index (χ4v) is 3.11. The summed E-state index contributed by atoms with van der Waals surface area (Å²) in [6.07, 6.45) is 1.56. The molecule has 1 aliphatic heterocycles. The lowest BCUT2D eigenvalue weighted by molar-refractivity contribution is -0.0454. The molecule has 0 radical (unpaired) electrons. The maximum Gasteiger partial charge on any atom is 0.0812 e. The average molecular weight is 281 g/mol. The molecule has 2 aromatic rings. The second-order valence-corrected chi connectivity index (χ2v) is 5.66. The Balaban J connectivity index is 1.93. The Bertz CT molecular complexity index is 501. The normalized spacial score (nSPS) is 22.4. The maximum atomic E-state index is 6.34. The van der Waals surface area contributed by atoms with Crippen LogP contribution in [0.2, 0.25) is 0 Å². The van der Waals surface area contributed by atoms with E-state index in [4.69, 9.17) is 4.74 Å². The van der Waals surface area contributed by atoms with Crippen LogP contribution < -0.4 is 5.32 Å². The van der Waals surface area contributed by atoms with Gasteiger partial charge in [-0.1, -0.05) is 67.6 Å². The summed E-state index contributed by atoms with van der Waals surface area (Å²) < 4.78 is 6.34. The van der Waals surface area contributed by atoms with E-state index in [-0.39, 0.29) is 12.0 Å². The third-order valence-corrected chi connectivity index (χ3v) is 4.23. The highest BCUT2D eigenvalue weighted by Crippen LogP contribution is 2.31. The van der Waals surface area contributed by atoms with Gasteiger partial charge in [-0.05, 0) is 17.5 Å². The minimum absolute atomic E-state index is 0.188. The Morgan fingerprint density at radius 3 is 2.05 bits per heavy atom. The Hall–Kier alpha value is -1.64. The molecule has 0 aliphatic carbocycles. The molecule has 2 atom stereocenters. The predicted molar refractivity (Wildman–Crippen MR) is 86.5 cm³/mol. The highest BCUT2D eigenvalue weighted by Gasteiger charge is 2.30. The van der Waals surface area contributed by atoms with Crippen LogP contribution in [-0.4, -0.2) is 25.3 Å². The SMILES string of the molecule is CCC1CNCC(C(c2ccccc2)c2ccccc2)O1. The standard InChI is InChI=1S/C19H23NO/c1-2-17-13-20-14-18(21-17)19(15-9-5-3-6-10-15)16-11-7-4-8-12-16/h3-12,17-20H,2,13-14H2,1H3. The average Bonchev–Trinajstić information content (AvgIpc) is 2.57. The number of rotatable bonds is 4. The van der Waals surface area contributed by atoms with Gasteiger partial charge in [-0.3, -0.25) is 0 Å². The number of hydrogen-bond donors (Lipinski definition) is 1. The van der Waals surface area contributed by atoms with Crippen LogP contribution in [0.3, 0.4) is 0 Å². The van der Waals surface area contributed by atoms with Crippen molar-refractivity contribution in [2.75, 3.05) is 13.1 Å². The van der Waals surface area contributed by atoms with Crippen molar-refractivity contribution in [1.29, 1.82) is 0 Å². The first-order chi connectivity index (χ1) is 10.4. The summed E-state index contributed by atoms with van der Waals surface area (Å²) in [7, 11) is 0. The first-order valence-corrected chi connectivity index (χ1v) is 7.84. The van der Waals surface area contributed by atoms with Gasteiger partial charge in [0.15, 0.2) is 0 Å². The van der Waals surface area contributed by atoms with E-state index in [9.17, 15) is 0 Å². The highest BCUT2D eigenvalue weighted by atomic mass is 16.5. The molecule has 110 valence electrons. The van der Waals surface area contributed by atoms with E-state index in [1.54, 1.807) is 0 Å². The van der Waals surface area contributed by atoms with E-state index in [0.717, 1.165) is 19.5 Å². The van der Waals surface area contributed by atoms with Crippen molar-refractivity contribution in [2.24, 2.45) is 0 Å².